The van der Waals surface area contributed by atoms with E-state index in [1.165, 1.54) is 0 Å². The number of rotatable bonds is 5. The van der Waals surface area contributed by atoms with E-state index in [9.17, 15) is 4.79 Å². The number of carbonyl (C=O) groups excluding carboxylic acids is 1. The van der Waals surface area contributed by atoms with Crippen LogP contribution in [-0.2, 0) is 0 Å². The molecule has 0 atom stereocenters. The van der Waals surface area contributed by atoms with Gasteiger partial charge in [0.1, 0.15) is 5.75 Å². The van der Waals surface area contributed by atoms with Crippen LogP contribution in [0.25, 0.3) is 0 Å². The summed E-state index contributed by atoms with van der Waals surface area (Å²) in [5, 5.41) is 0. The molecule has 3 nitrogen and oxygen atoms in total. The van der Waals surface area contributed by atoms with Gasteiger partial charge in [-0.1, -0.05) is 12.1 Å². The quantitative estimate of drug-likeness (QED) is 0.749. The summed E-state index contributed by atoms with van der Waals surface area (Å²) in [5.41, 5.74) is 0.213. The van der Waals surface area contributed by atoms with Gasteiger partial charge in [-0.2, -0.15) is 0 Å². The highest BCUT2D eigenvalue weighted by atomic mass is 16.5. The van der Waals surface area contributed by atoms with E-state index >= 15 is 0 Å². The molecule has 0 unspecified atom stereocenters. The van der Waals surface area contributed by atoms with Gasteiger partial charge in [-0.3, -0.25) is 9.69 Å². The Kier molecular flexibility index (Phi) is 3.44. The summed E-state index contributed by atoms with van der Waals surface area (Å²) in [7, 11) is 3.84. The van der Waals surface area contributed by atoms with Gasteiger partial charge in [0.2, 0.25) is 0 Å². The third kappa shape index (κ3) is 2.72. The highest BCUT2D eigenvalue weighted by Crippen LogP contribution is 2.28. The lowest BCUT2D eigenvalue weighted by atomic mass is 9.92. The predicted octanol–water partition coefficient (Wildman–Crippen LogP) is 2.75. The highest BCUT2D eigenvalue weighted by Gasteiger charge is 2.31. The van der Waals surface area contributed by atoms with Crippen LogP contribution >= 0.6 is 0 Å². The summed E-state index contributed by atoms with van der Waals surface area (Å²) in [6, 6.07) is 7.51. The lowest BCUT2D eigenvalue weighted by molar-refractivity contribution is 0.0755. The summed E-state index contributed by atoms with van der Waals surface area (Å²) >= 11 is 0. The maximum Gasteiger partial charge on any atom is 0.182 e. The lowest BCUT2D eigenvalue weighted by Crippen LogP contribution is -2.45. The third-order valence-electron chi connectivity index (χ3n) is 3.60. The number of nitrogens with zero attached hydrogens (tertiary/aromatic N) is 1. The molecule has 98 valence electrons. The van der Waals surface area contributed by atoms with E-state index in [-0.39, 0.29) is 5.78 Å². The van der Waals surface area contributed by atoms with Crippen molar-refractivity contribution < 1.29 is 9.53 Å². The number of carbonyl (C=O) groups is 1. The monoisotopic (exact) mass is 247 g/mol. The number of benzene rings is 1. The van der Waals surface area contributed by atoms with Crippen LogP contribution in [0.5, 0.6) is 5.75 Å². The van der Waals surface area contributed by atoms with E-state index in [0.717, 1.165) is 18.6 Å². The van der Waals surface area contributed by atoms with Crippen LogP contribution in [0.2, 0.25) is 0 Å². The van der Waals surface area contributed by atoms with Crippen molar-refractivity contribution in [3.63, 3.8) is 0 Å². The molecule has 0 bridgehead atoms. The molecule has 0 amide bonds. The first-order valence-corrected chi connectivity index (χ1v) is 6.40. The first-order chi connectivity index (χ1) is 8.41. The summed E-state index contributed by atoms with van der Waals surface area (Å²) in [6.07, 6.45) is 2.61. The number of likely N-dealkylation sites (N-methyl/N-ethyl adjacent to an activating group) is 1. The minimum atomic E-state index is -0.502. The zero-order chi connectivity index (χ0) is 13.3. The third-order valence-corrected chi connectivity index (χ3v) is 3.60. The first kappa shape index (κ1) is 13.1. The number of ketones is 1. The van der Waals surface area contributed by atoms with Crippen LogP contribution in [-0.4, -0.2) is 36.4 Å². The van der Waals surface area contributed by atoms with Gasteiger partial charge in [-0.05, 0) is 52.9 Å². The molecule has 1 saturated carbocycles. The van der Waals surface area contributed by atoms with Gasteiger partial charge in [-0.25, -0.2) is 0 Å². The van der Waals surface area contributed by atoms with Crippen molar-refractivity contribution in [1.29, 1.82) is 0 Å². The molecule has 18 heavy (non-hydrogen) atoms. The van der Waals surface area contributed by atoms with Crippen molar-refractivity contribution in [2.75, 3.05) is 14.1 Å². The first-order valence-electron chi connectivity index (χ1n) is 6.40. The van der Waals surface area contributed by atoms with Gasteiger partial charge in [0.05, 0.1) is 11.6 Å². The average Bonchev–Trinajstić information content (AvgIpc) is 3.12. The second-order valence-corrected chi connectivity index (χ2v) is 5.63. The van der Waals surface area contributed by atoms with Gasteiger partial charge in [0, 0.05) is 5.56 Å². The SMILES string of the molecule is CN(C)C(C)(C)C(=O)c1cccc(OC2CC2)c1. The minimum Gasteiger partial charge on any atom is -0.490 e. The molecule has 0 aliphatic heterocycles. The molecular formula is C15H21NO2. The van der Waals surface area contributed by atoms with E-state index < -0.39 is 5.54 Å². The highest BCUT2D eigenvalue weighted by molar-refractivity contribution is 6.02. The maximum atomic E-state index is 12.5. The fourth-order valence-corrected chi connectivity index (χ4v) is 1.65. The van der Waals surface area contributed by atoms with Crippen LogP contribution < -0.4 is 4.74 Å². The second kappa shape index (κ2) is 4.73. The normalized spacial score (nSPS) is 15.8. The van der Waals surface area contributed by atoms with Crippen molar-refractivity contribution >= 4 is 5.78 Å². The Labute approximate surface area is 109 Å². The standard InChI is InChI=1S/C15H21NO2/c1-15(2,16(3)4)14(17)11-6-5-7-13(10-11)18-12-8-9-12/h5-7,10,12H,8-9H2,1-4H3. The molecule has 1 aromatic carbocycles. The summed E-state index contributed by atoms with van der Waals surface area (Å²) in [5.74, 6) is 0.923. The van der Waals surface area contributed by atoms with E-state index in [4.69, 9.17) is 4.74 Å². The Balaban J connectivity index is 2.19. The topological polar surface area (TPSA) is 29.5 Å². The molecule has 1 aromatic rings. The summed E-state index contributed by atoms with van der Waals surface area (Å²) in [6.45, 7) is 3.87. The van der Waals surface area contributed by atoms with E-state index in [0.29, 0.717) is 11.7 Å². The van der Waals surface area contributed by atoms with Crippen LogP contribution in [0.15, 0.2) is 24.3 Å². The Hall–Kier alpha value is -1.35. The number of hydrogen-bond donors (Lipinski definition) is 0. The Morgan fingerprint density at radius 3 is 2.56 bits per heavy atom. The molecule has 1 aliphatic rings. The molecule has 0 N–H and O–H groups in total. The van der Waals surface area contributed by atoms with Crippen molar-refractivity contribution in [2.24, 2.45) is 0 Å². The Morgan fingerprint density at radius 1 is 1.33 bits per heavy atom. The number of ether oxygens (including phenoxy) is 1. The van der Waals surface area contributed by atoms with E-state index in [1.807, 2.05) is 57.1 Å². The lowest BCUT2D eigenvalue weighted by Gasteiger charge is -2.31. The van der Waals surface area contributed by atoms with Crippen molar-refractivity contribution in [3.8, 4) is 5.75 Å². The van der Waals surface area contributed by atoms with Gasteiger partial charge < -0.3 is 4.74 Å². The maximum absolute atomic E-state index is 12.5. The number of hydrogen-bond acceptors (Lipinski definition) is 3. The number of Topliss-reactive ketones (excluding diaryl/α,β-unsaturated/α-hetero) is 1. The zero-order valence-corrected chi connectivity index (χ0v) is 11.6. The van der Waals surface area contributed by atoms with Gasteiger partial charge >= 0.3 is 0 Å². The van der Waals surface area contributed by atoms with E-state index in [2.05, 4.69) is 0 Å². The summed E-state index contributed by atoms with van der Waals surface area (Å²) < 4.78 is 5.72. The van der Waals surface area contributed by atoms with Crippen molar-refractivity contribution in [2.45, 2.75) is 38.3 Å². The van der Waals surface area contributed by atoms with Crippen molar-refractivity contribution in [3.05, 3.63) is 29.8 Å². The molecule has 3 heteroatoms. The molecule has 0 radical (unpaired) electrons. The predicted molar refractivity (Wildman–Crippen MR) is 72.2 cm³/mol. The van der Waals surface area contributed by atoms with Crippen LogP contribution in [0.3, 0.4) is 0 Å². The van der Waals surface area contributed by atoms with Gasteiger partial charge in [-0.15, -0.1) is 0 Å². The summed E-state index contributed by atoms with van der Waals surface area (Å²) in [4.78, 5) is 14.4. The fraction of sp³-hybridized carbons (Fsp3) is 0.533. The fourth-order valence-electron chi connectivity index (χ4n) is 1.65. The largest absolute Gasteiger partial charge is 0.490 e. The molecule has 0 saturated heterocycles. The van der Waals surface area contributed by atoms with Crippen molar-refractivity contribution in [1.82, 2.24) is 4.90 Å². The molecular weight excluding hydrogens is 226 g/mol. The average molecular weight is 247 g/mol. The Morgan fingerprint density at radius 2 is 2.00 bits per heavy atom. The van der Waals surface area contributed by atoms with Gasteiger partial charge in [0.25, 0.3) is 0 Å². The molecule has 0 aromatic heterocycles. The molecule has 2 rings (SSSR count). The van der Waals surface area contributed by atoms with E-state index in [1.54, 1.807) is 0 Å². The molecule has 0 spiro atoms. The Bertz CT molecular complexity index is 448. The smallest absolute Gasteiger partial charge is 0.182 e. The second-order valence-electron chi connectivity index (χ2n) is 5.63. The van der Waals surface area contributed by atoms with Crippen LogP contribution in [0, 0.1) is 0 Å². The zero-order valence-electron chi connectivity index (χ0n) is 11.6. The van der Waals surface area contributed by atoms with Crippen LogP contribution in [0.4, 0.5) is 0 Å². The molecule has 0 heterocycles. The van der Waals surface area contributed by atoms with Crippen LogP contribution in [0.1, 0.15) is 37.0 Å². The minimum absolute atomic E-state index is 0.119. The molecule has 1 aliphatic carbocycles. The molecule has 1 fully saturated rings. The van der Waals surface area contributed by atoms with Gasteiger partial charge in [0.15, 0.2) is 5.78 Å².